The summed E-state index contributed by atoms with van der Waals surface area (Å²) in [5.41, 5.74) is 0. The van der Waals surface area contributed by atoms with Gasteiger partial charge in [-0.05, 0) is 17.8 Å². The Morgan fingerprint density at radius 2 is 0.867 bits per heavy atom. The van der Waals surface area contributed by atoms with Crippen molar-refractivity contribution >= 4 is 7.26 Å². The Bertz CT molecular complexity index is 126. The summed E-state index contributed by atoms with van der Waals surface area (Å²) in [6.45, 7) is 16.8. The largest absolute Gasteiger partial charge is 1.00 e. The second-order valence-electron chi connectivity index (χ2n) is 6.35. The fourth-order valence-corrected chi connectivity index (χ4v) is 8.60. The molecule has 2 heteroatoms. The highest BCUT2D eigenvalue weighted by Crippen LogP contribution is 2.58. The van der Waals surface area contributed by atoms with Crippen LogP contribution in [-0.4, -0.2) is 25.2 Å². The van der Waals surface area contributed by atoms with Crippen LogP contribution >= 0.6 is 7.26 Å². The van der Waals surface area contributed by atoms with E-state index < -0.39 is 7.26 Å². The molecule has 0 saturated carbocycles. The van der Waals surface area contributed by atoms with Gasteiger partial charge in [-0.15, -0.1) is 0 Å². The van der Waals surface area contributed by atoms with Crippen molar-refractivity contribution in [1.82, 2.24) is 0 Å². The number of halogens is 1. The second-order valence-corrected chi connectivity index (χ2v) is 10.7. The predicted molar refractivity (Wildman–Crippen MR) is 72.0 cm³/mol. The van der Waals surface area contributed by atoms with Gasteiger partial charge in [-0.2, -0.15) is 0 Å². The zero-order valence-electron chi connectivity index (χ0n) is 11.7. The summed E-state index contributed by atoms with van der Waals surface area (Å²) in [5.74, 6) is 2.64. The van der Waals surface area contributed by atoms with Gasteiger partial charge in [0.05, 0.1) is 18.5 Å². The van der Waals surface area contributed by atoms with E-state index in [9.17, 15) is 0 Å². The summed E-state index contributed by atoms with van der Waals surface area (Å²) in [4.78, 5) is 0. The zero-order chi connectivity index (χ0) is 11.4. The molecule has 94 valence electrons. The lowest BCUT2D eigenvalue weighted by molar-refractivity contribution is -0.00000396. The second kappa shape index (κ2) is 7.60. The molecular formula is C13H30FP. The first-order valence-electron chi connectivity index (χ1n) is 6.08. The monoisotopic (exact) mass is 236 g/mol. The number of rotatable bonds is 6. The van der Waals surface area contributed by atoms with Crippen molar-refractivity contribution in [1.29, 1.82) is 0 Å². The van der Waals surface area contributed by atoms with Crippen LogP contribution in [0.5, 0.6) is 0 Å². The van der Waals surface area contributed by atoms with Crippen LogP contribution in [0.2, 0.25) is 0 Å². The minimum absolute atomic E-state index is 0. The minimum atomic E-state index is -0.638. The van der Waals surface area contributed by atoms with Gasteiger partial charge in [0.15, 0.2) is 0 Å². The third-order valence-electron chi connectivity index (χ3n) is 2.42. The molecule has 0 aliphatic carbocycles. The first kappa shape index (κ1) is 17.7. The van der Waals surface area contributed by atoms with E-state index in [0.29, 0.717) is 0 Å². The molecule has 0 aliphatic rings. The van der Waals surface area contributed by atoms with E-state index in [1.54, 1.807) is 0 Å². The van der Waals surface area contributed by atoms with Crippen LogP contribution in [0.25, 0.3) is 0 Å². The molecule has 0 fully saturated rings. The molecule has 0 spiro atoms. The van der Waals surface area contributed by atoms with Crippen molar-refractivity contribution < 1.29 is 4.70 Å². The van der Waals surface area contributed by atoms with E-state index in [1.807, 2.05) is 0 Å². The molecule has 0 rings (SSSR count). The lowest BCUT2D eigenvalue weighted by Gasteiger charge is -2.28. The van der Waals surface area contributed by atoms with Crippen molar-refractivity contribution in [3.63, 3.8) is 0 Å². The molecule has 0 amide bonds. The quantitative estimate of drug-likeness (QED) is 0.615. The fraction of sp³-hybridized carbons (Fsp3) is 1.00. The van der Waals surface area contributed by atoms with Crippen LogP contribution < -0.4 is 4.70 Å². The molecule has 0 aliphatic heterocycles. The minimum Gasteiger partial charge on any atom is -1.00 e. The Balaban J connectivity index is 0. The molecule has 0 radical (unpaired) electrons. The SMILES string of the molecule is CC(C)C[P+](C)(CC(C)C)CC(C)C.[F-]. The summed E-state index contributed by atoms with van der Waals surface area (Å²) < 4.78 is 0. The van der Waals surface area contributed by atoms with Crippen LogP contribution in [0.15, 0.2) is 0 Å². The topological polar surface area (TPSA) is 0 Å². The van der Waals surface area contributed by atoms with Gasteiger partial charge in [0.25, 0.3) is 0 Å². The van der Waals surface area contributed by atoms with E-state index >= 15 is 0 Å². The van der Waals surface area contributed by atoms with Crippen molar-refractivity contribution in [2.24, 2.45) is 17.8 Å². The maximum atomic E-state index is 2.59. The Kier molecular flexibility index (Phi) is 9.00. The summed E-state index contributed by atoms with van der Waals surface area (Å²) >= 11 is 0. The summed E-state index contributed by atoms with van der Waals surface area (Å²) in [7, 11) is -0.638. The zero-order valence-corrected chi connectivity index (χ0v) is 12.6. The fourth-order valence-electron chi connectivity index (χ4n) is 2.87. The van der Waals surface area contributed by atoms with Crippen LogP contribution in [0.3, 0.4) is 0 Å². The molecule has 0 N–H and O–H groups in total. The van der Waals surface area contributed by atoms with Gasteiger partial charge < -0.3 is 4.70 Å². The molecule has 0 aromatic rings. The molecule has 0 nitrogen and oxygen atoms in total. The van der Waals surface area contributed by atoms with E-state index in [-0.39, 0.29) is 4.70 Å². The van der Waals surface area contributed by atoms with Crippen molar-refractivity contribution in [2.45, 2.75) is 41.5 Å². The van der Waals surface area contributed by atoms with Gasteiger partial charge >= 0.3 is 0 Å². The molecule has 0 atom stereocenters. The van der Waals surface area contributed by atoms with Crippen molar-refractivity contribution in [2.75, 3.05) is 25.2 Å². The lowest BCUT2D eigenvalue weighted by Crippen LogP contribution is -3.00. The Morgan fingerprint density at radius 3 is 1.00 bits per heavy atom. The maximum absolute atomic E-state index is 2.59. The normalized spacial score (nSPS) is 12.4. The standard InChI is InChI=1S/C13H30P.FH/c1-11(2)8-14(7,9-12(3)4)10-13(5)6;/h11-13H,8-10H2,1-7H3;1H/q+1;/p-1. The van der Waals surface area contributed by atoms with Gasteiger partial charge in [-0.3, -0.25) is 0 Å². The highest BCUT2D eigenvalue weighted by atomic mass is 31.2. The molecule has 0 heterocycles. The summed E-state index contributed by atoms with van der Waals surface area (Å²) in [5, 5.41) is 0. The average Bonchev–Trinajstić information content (AvgIpc) is 1.76. The molecule has 0 aromatic carbocycles. The third kappa shape index (κ3) is 9.30. The molecule has 0 bridgehead atoms. The number of hydrogen-bond donors (Lipinski definition) is 0. The summed E-state index contributed by atoms with van der Waals surface area (Å²) in [6.07, 6.45) is 4.47. The molecule has 0 saturated heterocycles. The van der Waals surface area contributed by atoms with Crippen LogP contribution in [0, 0.1) is 17.8 Å². The predicted octanol–water partition coefficient (Wildman–Crippen LogP) is 1.61. The first-order valence-corrected chi connectivity index (χ1v) is 8.88. The van der Waals surface area contributed by atoms with Crippen molar-refractivity contribution in [3.05, 3.63) is 0 Å². The van der Waals surface area contributed by atoms with E-state index in [1.165, 1.54) is 18.5 Å². The Hall–Kier alpha value is 0.360. The molecule has 0 unspecified atom stereocenters. The lowest BCUT2D eigenvalue weighted by atomic mass is 10.3. The van der Waals surface area contributed by atoms with E-state index in [0.717, 1.165) is 17.8 Å². The highest BCUT2D eigenvalue weighted by molar-refractivity contribution is 7.75. The first-order chi connectivity index (χ1) is 6.25. The van der Waals surface area contributed by atoms with Crippen molar-refractivity contribution in [3.8, 4) is 0 Å². The third-order valence-corrected chi connectivity index (χ3v) is 7.25. The number of hydrogen-bond acceptors (Lipinski definition) is 0. The van der Waals surface area contributed by atoms with Gasteiger partial charge in [0.2, 0.25) is 0 Å². The van der Waals surface area contributed by atoms with Gasteiger partial charge in [-0.25, -0.2) is 0 Å². The van der Waals surface area contributed by atoms with Crippen LogP contribution in [-0.2, 0) is 0 Å². The van der Waals surface area contributed by atoms with Gasteiger partial charge in [0, 0.05) is 13.9 Å². The van der Waals surface area contributed by atoms with Crippen LogP contribution in [0.1, 0.15) is 41.5 Å². The van der Waals surface area contributed by atoms with E-state index in [4.69, 9.17) is 0 Å². The molecule has 0 aromatic heterocycles. The Labute approximate surface area is 96.9 Å². The van der Waals surface area contributed by atoms with E-state index in [2.05, 4.69) is 48.2 Å². The smallest absolute Gasteiger partial charge is 0.0614 e. The van der Waals surface area contributed by atoms with Crippen LogP contribution in [0.4, 0.5) is 0 Å². The highest BCUT2D eigenvalue weighted by Gasteiger charge is 2.33. The van der Waals surface area contributed by atoms with Gasteiger partial charge in [-0.1, -0.05) is 41.5 Å². The van der Waals surface area contributed by atoms with Gasteiger partial charge in [0.1, 0.15) is 0 Å². The summed E-state index contributed by atoms with van der Waals surface area (Å²) in [6, 6.07) is 0. The molecule has 15 heavy (non-hydrogen) atoms. The average molecular weight is 236 g/mol. The maximum Gasteiger partial charge on any atom is 0.0614 e. The molecular weight excluding hydrogens is 206 g/mol. The Morgan fingerprint density at radius 1 is 0.667 bits per heavy atom.